The zero-order chi connectivity index (χ0) is 14.0. The standard InChI is InChI=1S/C13H16N2O2S2/c1-7(6-10-5-4-8(2)18-10)14-12-11(13(16)17)9(3)15-19-12/h4-5,7,14H,6H2,1-3H3,(H,16,17). The lowest BCUT2D eigenvalue weighted by Gasteiger charge is -2.13. The Labute approximate surface area is 120 Å². The van der Waals surface area contributed by atoms with Gasteiger partial charge in [-0.25, -0.2) is 4.79 Å². The van der Waals surface area contributed by atoms with Crippen LogP contribution in [0.5, 0.6) is 0 Å². The number of carboxylic acid groups (broad SMARTS) is 1. The molecule has 0 aliphatic rings. The highest BCUT2D eigenvalue weighted by Crippen LogP contribution is 2.26. The van der Waals surface area contributed by atoms with E-state index in [9.17, 15) is 9.90 Å². The molecular formula is C13H16N2O2S2. The minimum atomic E-state index is -0.923. The second-order valence-electron chi connectivity index (χ2n) is 4.54. The SMILES string of the molecule is Cc1ccc(CC(C)Nc2snc(C)c2C(=O)O)s1. The summed E-state index contributed by atoms with van der Waals surface area (Å²) < 4.78 is 4.10. The van der Waals surface area contributed by atoms with Crippen LogP contribution in [0.1, 0.15) is 32.7 Å². The Bertz CT molecular complexity index is 589. The van der Waals surface area contributed by atoms with Crippen molar-refractivity contribution < 1.29 is 9.90 Å². The molecule has 2 rings (SSSR count). The lowest BCUT2D eigenvalue weighted by Crippen LogP contribution is -2.18. The Morgan fingerprint density at radius 1 is 1.47 bits per heavy atom. The zero-order valence-corrected chi connectivity index (χ0v) is 12.7. The summed E-state index contributed by atoms with van der Waals surface area (Å²) in [6.45, 7) is 5.86. The Hall–Kier alpha value is -1.40. The molecule has 0 amide bonds. The van der Waals surface area contributed by atoms with Crippen LogP contribution in [0.4, 0.5) is 5.00 Å². The maximum Gasteiger partial charge on any atom is 0.340 e. The van der Waals surface area contributed by atoms with E-state index in [1.54, 1.807) is 18.3 Å². The van der Waals surface area contributed by atoms with Crippen LogP contribution in [0.15, 0.2) is 12.1 Å². The number of rotatable bonds is 5. The number of thiophene rings is 1. The van der Waals surface area contributed by atoms with Crippen molar-refractivity contribution in [3.8, 4) is 0 Å². The molecule has 0 aromatic carbocycles. The van der Waals surface area contributed by atoms with Crippen molar-refractivity contribution in [3.05, 3.63) is 33.1 Å². The number of aromatic carboxylic acids is 1. The first-order valence-electron chi connectivity index (χ1n) is 5.98. The van der Waals surface area contributed by atoms with Gasteiger partial charge in [-0.15, -0.1) is 11.3 Å². The van der Waals surface area contributed by atoms with Crippen LogP contribution in [0, 0.1) is 13.8 Å². The van der Waals surface area contributed by atoms with Gasteiger partial charge in [-0.3, -0.25) is 0 Å². The molecule has 19 heavy (non-hydrogen) atoms. The van der Waals surface area contributed by atoms with E-state index in [-0.39, 0.29) is 6.04 Å². The lowest BCUT2D eigenvalue weighted by molar-refractivity contribution is 0.0697. The first-order chi connectivity index (χ1) is 8.97. The van der Waals surface area contributed by atoms with Crippen LogP contribution in [0.25, 0.3) is 0 Å². The molecule has 1 unspecified atom stereocenters. The van der Waals surface area contributed by atoms with Gasteiger partial charge in [-0.05, 0) is 44.4 Å². The molecule has 2 aromatic heterocycles. The fraction of sp³-hybridized carbons (Fsp3) is 0.385. The third-order valence-corrected chi connectivity index (χ3v) is 4.65. The van der Waals surface area contributed by atoms with Gasteiger partial charge in [0.25, 0.3) is 0 Å². The van der Waals surface area contributed by atoms with Gasteiger partial charge in [0.2, 0.25) is 0 Å². The highest BCUT2D eigenvalue weighted by Gasteiger charge is 2.18. The Morgan fingerprint density at radius 3 is 2.79 bits per heavy atom. The number of aryl methyl sites for hydroxylation is 2. The largest absolute Gasteiger partial charge is 0.478 e. The van der Waals surface area contributed by atoms with Gasteiger partial charge >= 0.3 is 5.97 Å². The third-order valence-electron chi connectivity index (χ3n) is 2.76. The summed E-state index contributed by atoms with van der Waals surface area (Å²) in [6.07, 6.45) is 0.883. The number of hydrogen-bond acceptors (Lipinski definition) is 5. The molecular weight excluding hydrogens is 280 g/mol. The number of anilines is 1. The lowest BCUT2D eigenvalue weighted by atomic mass is 10.2. The van der Waals surface area contributed by atoms with Crippen molar-refractivity contribution in [1.29, 1.82) is 0 Å². The number of carboxylic acids is 1. The molecule has 102 valence electrons. The van der Waals surface area contributed by atoms with Crippen LogP contribution in [-0.2, 0) is 6.42 Å². The number of aromatic nitrogens is 1. The van der Waals surface area contributed by atoms with E-state index < -0.39 is 5.97 Å². The van der Waals surface area contributed by atoms with Crippen molar-refractivity contribution in [1.82, 2.24) is 4.37 Å². The predicted molar refractivity (Wildman–Crippen MR) is 79.7 cm³/mol. The first-order valence-corrected chi connectivity index (χ1v) is 7.57. The fourth-order valence-corrected chi connectivity index (χ4v) is 3.81. The molecule has 0 saturated carbocycles. The molecule has 0 bridgehead atoms. The summed E-state index contributed by atoms with van der Waals surface area (Å²) in [7, 11) is 0. The normalized spacial score (nSPS) is 12.4. The maximum atomic E-state index is 11.2. The van der Waals surface area contributed by atoms with E-state index in [4.69, 9.17) is 0 Å². The molecule has 4 nitrogen and oxygen atoms in total. The summed E-state index contributed by atoms with van der Waals surface area (Å²) in [5.74, 6) is -0.923. The first kappa shape index (κ1) is 14.0. The monoisotopic (exact) mass is 296 g/mol. The van der Waals surface area contributed by atoms with Gasteiger partial charge < -0.3 is 10.4 Å². The highest BCUT2D eigenvalue weighted by atomic mass is 32.1. The summed E-state index contributed by atoms with van der Waals surface area (Å²) in [6, 6.07) is 4.40. The van der Waals surface area contributed by atoms with Gasteiger partial charge in [0, 0.05) is 22.2 Å². The fourth-order valence-electron chi connectivity index (χ4n) is 1.89. The van der Waals surface area contributed by atoms with E-state index in [1.165, 1.54) is 21.3 Å². The topological polar surface area (TPSA) is 62.2 Å². The predicted octanol–water partition coefficient (Wildman–Crippen LogP) is 3.56. The summed E-state index contributed by atoms with van der Waals surface area (Å²) in [4.78, 5) is 13.8. The molecule has 0 saturated heterocycles. The Balaban J connectivity index is 2.07. The summed E-state index contributed by atoms with van der Waals surface area (Å²) in [5.41, 5.74) is 0.860. The quantitative estimate of drug-likeness (QED) is 0.885. The van der Waals surface area contributed by atoms with Crippen molar-refractivity contribution in [2.45, 2.75) is 33.2 Å². The molecule has 0 aliphatic heterocycles. The molecule has 2 aromatic rings. The van der Waals surface area contributed by atoms with Gasteiger partial charge in [-0.2, -0.15) is 4.37 Å². The number of hydrogen-bond donors (Lipinski definition) is 2. The van der Waals surface area contributed by atoms with E-state index in [0.717, 1.165) is 6.42 Å². The molecule has 2 N–H and O–H groups in total. The second-order valence-corrected chi connectivity index (χ2v) is 6.68. The van der Waals surface area contributed by atoms with Crippen LogP contribution >= 0.6 is 22.9 Å². The molecule has 2 heterocycles. The van der Waals surface area contributed by atoms with Crippen molar-refractivity contribution in [2.75, 3.05) is 5.32 Å². The maximum absolute atomic E-state index is 11.2. The van der Waals surface area contributed by atoms with Crippen LogP contribution in [0.2, 0.25) is 0 Å². The Kier molecular flexibility index (Phi) is 4.21. The third kappa shape index (κ3) is 3.33. The minimum absolute atomic E-state index is 0.177. The highest BCUT2D eigenvalue weighted by molar-refractivity contribution is 7.12. The average molecular weight is 296 g/mol. The van der Waals surface area contributed by atoms with E-state index >= 15 is 0 Å². The van der Waals surface area contributed by atoms with Crippen LogP contribution < -0.4 is 5.32 Å². The van der Waals surface area contributed by atoms with Crippen LogP contribution in [-0.4, -0.2) is 21.5 Å². The summed E-state index contributed by atoms with van der Waals surface area (Å²) >= 11 is 2.98. The second kappa shape index (κ2) is 5.71. The van der Waals surface area contributed by atoms with Gasteiger partial charge in [0.05, 0.1) is 5.69 Å². The van der Waals surface area contributed by atoms with Gasteiger partial charge in [0.1, 0.15) is 10.6 Å². The number of carbonyl (C=O) groups is 1. The average Bonchev–Trinajstić information content (AvgIpc) is 2.85. The van der Waals surface area contributed by atoms with Crippen molar-refractivity contribution >= 4 is 33.8 Å². The Morgan fingerprint density at radius 2 is 2.21 bits per heavy atom. The van der Waals surface area contributed by atoms with Gasteiger partial charge in [0.15, 0.2) is 0 Å². The van der Waals surface area contributed by atoms with E-state index in [2.05, 4.69) is 35.7 Å². The smallest absolute Gasteiger partial charge is 0.340 e. The molecule has 0 aliphatic carbocycles. The summed E-state index contributed by atoms with van der Waals surface area (Å²) in [5, 5.41) is 13.1. The van der Waals surface area contributed by atoms with Crippen molar-refractivity contribution in [2.24, 2.45) is 0 Å². The molecule has 0 fully saturated rings. The molecule has 6 heteroatoms. The van der Waals surface area contributed by atoms with E-state index in [0.29, 0.717) is 16.3 Å². The van der Waals surface area contributed by atoms with Gasteiger partial charge in [-0.1, -0.05) is 0 Å². The zero-order valence-electron chi connectivity index (χ0n) is 11.1. The number of nitrogens with zero attached hydrogens (tertiary/aromatic N) is 1. The van der Waals surface area contributed by atoms with Crippen molar-refractivity contribution in [3.63, 3.8) is 0 Å². The molecule has 0 radical (unpaired) electrons. The number of nitrogens with one attached hydrogen (secondary N) is 1. The molecule has 0 spiro atoms. The molecule has 1 atom stereocenters. The van der Waals surface area contributed by atoms with Crippen LogP contribution in [0.3, 0.4) is 0 Å². The minimum Gasteiger partial charge on any atom is -0.478 e. The van der Waals surface area contributed by atoms with E-state index in [1.807, 2.05) is 0 Å².